The smallest absolute Gasteiger partial charge is 0.196 e. The topological polar surface area (TPSA) is 30.2 Å². The zero-order chi connectivity index (χ0) is 16.4. The van der Waals surface area contributed by atoms with E-state index in [0.29, 0.717) is 23.0 Å². The van der Waals surface area contributed by atoms with Crippen molar-refractivity contribution < 1.29 is 4.42 Å². The molecule has 0 bridgehead atoms. The van der Waals surface area contributed by atoms with E-state index in [1.54, 1.807) is 6.26 Å². The van der Waals surface area contributed by atoms with Gasteiger partial charge >= 0.3 is 0 Å². The summed E-state index contributed by atoms with van der Waals surface area (Å²) >= 11 is 0. The Kier molecular flexibility index (Phi) is 3.72. The Morgan fingerprint density at radius 1 is 0.708 bits per heavy atom. The lowest BCUT2D eigenvalue weighted by atomic mass is 10.0. The molecule has 116 valence electrons. The van der Waals surface area contributed by atoms with Gasteiger partial charge in [0.15, 0.2) is 5.43 Å². The fraction of sp³-hybridized carbons (Fsp3) is 0.0455. The van der Waals surface area contributed by atoms with E-state index in [1.165, 1.54) is 11.1 Å². The molecule has 0 spiro atoms. The fourth-order valence-electron chi connectivity index (χ4n) is 2.91. The molecular formula is C22H16O2. The van der Waals surface area contributed by atoms with E-state index in [2.05, 4.69) is 36.4 Å². The molecule has 0 aliphatic heterocycles. The highest BCUT2D eigenvalue weighted by Crippen LogP contribution is 2.20. The van der Waals surface area contributed by atoms with Crippen molar-refractivity contribution in [2.45, 2.75) is 6.42 Å². The van der Waals surface area contributed by atoms with E-state index in [-0.39, 0.29) is 5.43 Å². The van der Waals surface area contributed by atoms with Crippen LogP contribution < -0.4 is 5.43 Å². The maximum absolute atomic E-state index is 12.6. The lowest BCUT2D eigenvalue weighted by molar-refractivity contribution is 0.594. The Morgan fingerprint density at radius 2 is 1.38 bits per heavy atom. The number of hydrogen-bond acceptors (Lipinski definition) is 2. The molecule has 0 unspecified atom stereocenters. The van der Waals surface area contributed by atoms with E-state index in [1.807, 2.05) is 42.5 Å². The fourth-order valence-corrected chi connectivity index (χ4v) is 2.91. The largest absolute Gasteiger partial charge is 0.464 e. The molecule has 0 radical (unpaired) electrons. The Labute approximate surface area is 140 Å². The summed E-state index contributed by atoms with van der Waals surface area (Å²) in [6.07, 6.45) is 2.15. The molecule has 1 heterocycles. The molecule has 0 atom stereocenters. The van der Waals surface area contributed by atoms with Gasteiger partial charge in [-0.2, -0.15) is 0 Å². The van der Waals surface area contributed by atoms with Crippen molar-refractivity contribution in [3.05, 3.63) is 106 Å². The van der Waals surface area contributed by atoms with Crippen molar-refractivity contribution >= 4 is 11.0 Å². The van der Waals surface area contributed by atoms with Crippen molar-refractivity contribution in [1.82, 2.24) is 0 Å². The minimum absolute atomic E-state index is 0.0454. The van der Waals surface area contributed by atoms with Crippen LogP contribution in [0.2, 0.25) is 0 Å². The summed E-state index contributed by atoms with van der Waals surface area (Å²) in [5.41, 5.74) is 4.81. The zero-order valence-corrected chi connectivity index (χ0v) is 13.1. The quantitative estimate of drug-likeness (QED) is 0.530. The second-order valence-electron chi connectivity index (χ2n) is 5.83. The highest BCUT2D eigenvalue weighted by Gasteiger charge is 2.07. The number of benzene rings is 3. The second kappa shape index (κ2) is 6.17. The molecule has 4 aromatic rings. The monoisotopic (exact) mass is 312 g/mol. The van der Waals surface area contributed by atoms with E-state index in [9.17, 15) is 4.79 Å². The highest BCUT2D eigenvalue weighted by molar-refractivity contribution is 5.76. The van der Waals surface area contributed by atoms with E-state index in [4.69, 9.17) is 4.42 Å². The SMILES string of the molecule is O=c1c(Cc2ccc(-c3ccccc3)cc2)coc2ccccc12. The molecule has 4 rings (SSSR count). The molecule has 0 aliphatic carbocycles. The predicted molar refractivity (Wildman–Crippen MR) is 97.2 cm³/mol. The van der Waals surface area contributed by atoms with Gasteiger partial charge in [0, 0.05) is 12.0 Å². The average Bonchev–Trinajstić information content (AvgIpc) is 2.66. The molecule has 3 aromatic carbocycles. The Hall–Kier alpha value is -3.13. The normalized spacial score (nSPS) is 10.8. The van der Waals surface area contributed by atoms with Gasteiger partial charge in [-0.15, -0.1) is 0 Å². The van der Waals surface area contributed by atoms with E-state index < -0.39 is 0 Å². The first-order chi connectivity index (χ1) is 11.8. The molecule has 0 saturated heterocycles. The van der Waals surface area contributed by atoms with Crippen molar-refractivity contribution in [3.63, 3.8) is 0 Å². The van der Waals surface area contributed by atoms with Crippen LogP contribution in [-0.2, 0) is 6.42 Å². The van der Waals surface area contributed by atoms with Gasteiger partial charge in [0.2, 0.25) is 0 Å². The molecular weight excluding hydrogens is 296 g/mol. The Bertz CT molecular complexity index is 1030. The minimum atomic E-state index is 0.0454. The highest BCUT2D eigenvalue weighted by atomic mass is 16.3. The third kappa shape index (κ3) is 2.74. The van der Waals surface area contributed by atoms with Crippen molar-refractivity contribution in [3.8, 4) is 11.1 Å². The summed E-state index contributed by atoms with van der Waals surface area (Å²) in [5.74, 6) is 0. The minimum Gasteiger partial charge on any atom is -0.464 e. The van der Waals surface area contributed by atoms with Crippen LogP contribution in [-0.4, -0.2) is 0 Å². The molecule has 0 aliphatic rings. The van der Waals surface area contributed by atoms with Gasteiger partial charge in [-0.05, 0) is 28.8 Å². The van der Waals surface area contributed by atoms with Gasteiger partial charge in [-0.3, -0.25) is 4.79 Å². The third-order valence-electron chi connectivity index (χ3n) is 4.21. The average molecular weight is 312 g/mol. The van der Waals surface area contributed by atoms with Crippen LogP contribution in [0.1, 0.15) is 11.1 Å². The van der Waals surface area contributed by atoms with Crippen LogP contribution in [0.15, 0.2) is 94.3 Å². The summed E-state index contributed by atoms with van der Waals surface area (Å²) in [6.45, 7) is 0. The first-order valence-electron chi connectivity index (χ1n) is 7.95. The number of hydrogen-bond donors (Lipinski definition) is 0. The maximum Gasteiger partial charge on any atom is 0.196 e. The number of fused-ring (bicyclic) bond motifs is 1. The first kappa shape index (κ1) is 14.5. The third-order valence-corrected chi connectivity index (χ3v) is 4.21. The number of rotatable bonds is 3. The predicted octanol–water partition coefficient (Wildman–Crippen LogP) is 5.05. The van der Waals surface area contributed by atoms with Gasteiger partial charge in [0.05, 0.1) is 11.6 Å². The summed E-state index contributed by atoms with van der Waals surface area (Å²) in [4.78, 5) is 12.6. The van der Waals surface area contributed by atoms with Crippen molar-refractivity contribution in [1.29, 1.82) is 0 Å². The molecule has 0 N–H and O–H groups in total. The summed E-state index contributed by atoms with van der Waals surface area (Å²) in [6, 6.07) is 25.9. The van der Waals surface area contributed by atoms with Gasteiger partial charge in [-0.25, -0.2) is 0 Å². The number of para-hydroxylation sites is 1. The Morgan fingerprint density at radius 3 is 2.17 bits per heavy atom. The molecule has 2 nitrogen and oxygen atoms in total. The van der Waals surface area contributed by atoms with Gasteiger partial charge in [-0.1, -0.05) is 66.7 Å². The van der Waals surface area contributed by atoms with Crippen LogP contribution >= 0.6 is 0 Å². The van der Waals surface area contributed by atoms with Crippen LogP contribution in [0.3, 0.4) is 0 Å². The molecule has 1 aromatic heterocycles. The maximum atomic E-state index is 12.6. The van der Waals surface area contributed by atoms with Crippen molar-refractivity contribution in [2.75, 3.05) is 0 Å². The molecule has 0 fully saturated rings. The van der Waals surface area contributed by atoms with Crippen LogP contribution in [0.4, 0.5) is 0 Å². The standard InChI is InChI=1S/C22H16O2/c23-22-19(15-24-21-9-5-4-8-20(21)22)14-16-10-12-18(13-11-16)17-6-2-1-3-7-17/h1-13,15H,14H2. The van der Waals surface area contributed by atoms with Gasteiger partial charge < -0.3 is 4.42 Å². The van der Waals surface area contributed by atoms with Gasteiger partial charge in [0.1, 0.15) is 5.58 Å². The second-order valence-corrected chi connectivity index (χ2v) is 5.83. The molecule has 24 heavy (non-hydrogen) atoms. The van der Waals surface area contributed by atoms with Gasteiger partial charge in [0.25, 0.3) is 0 Å². The molecule has 0 amide bonds. The lowest BCUT2D eigenvalue weighted by Crippen LogP contribution is -2.09. The van der Waals surface area contributed by atoms with Crippen molar-refractivity contribution in [2.24, 2.45) is 0 Å². The van der Waals surface area contributed by atoms with E-state index >= 15 is 0 Å². The molecule has 0 saturated carbocycles. The molecule has 2 heteroatoms. The van der Waals surface area contributed by atoms with Crippen LogP contribution in [0.5, 0.6) is 0 Å². The van der Waals surface area contributed by atoms with E-state index in [0.717, 1.165) is 5.56 Å². The summed E-state index contributed by atoms with van der Waals surface area (Å²) < 4.78 is 5.59. The lowest BCUT2D eigenvalue weighted by Gasteiger charge is -2.05. The zero-order valence-electron chi connectivity index (χ0n) is 13.1. The van der Waals surface area contributed by atoms with Crippen LogP contribution in [0.25, 0.3) is 22.1 Å². The summed E-state index contributed by atoms with van der Waals surface area (Å²) in [7, 11) is 0. The van der Waals surface area contributed by atoms with Crippen LogP contribution in [0, 0.1) is 0 Å². The summed E-state index contributed by atoms with van der Waals surface area (Å²) in [5, 5.41) is 0.635. The Balaban J connectivity index is 1.64. The first-order valence-corrected chi connectivity index (χ1v) is 7.95.